The minimum Gasteiger partial charge on any atom is -0.314 e. The second-order valence-corrected chi connectivity index (χ2v) is 6.60. The van der Waals surface area contributed by atoms with Crippen molar-refractivity contribution in [3.8, 4) is 0 Å². The molecule has 0 aromatic carbocycles. The maximum Gasteiger partial charge on any atom is 0.00822 e. The first-order valence-corrected chi connectivity index (χ1v) is 8.09. The van der Waals surface area contributed by atoms with Crippen molar-refractivity contribution < 1.29 is 0 Å². The summed E-state index contributed by atoms with van der Waals surface area (Å²) in [6.45, 7) is 3.59. The van der Waals surface area contributed by atoms with Crippen LogP contribution in [0, 0.1) is 0 Å². The maximum atomic E-state index is 3.82. The van der Waals surface area contributed by atoms with Crippen LogP contribution in [-0.2, 0) is 0 Å². The van der Waals surface area contributed by atoms with Crippen LogP contribution in [0.25, 0.3) is 0 Å². The molecule has 4 unspecified atom stereocenters. The molecule has 2 aliphatic rings. The topological polar surface area (TPSA) is 24.1 Å². The van der Waals surface area contributed by atoms with Crippen molar-refractivity contribution in [2.75, 3.05) is 12.8 Å². The van der Waals surface area contributed by atoms with Crippen LogP contribution in [-0.4, -0.2) is 36.2 Å². The molecule has 1 heterocycles. The highest BCUT2D eigenvalue weighted by molar-refractivity contribution is 7.99. The molecule has 2 nitrogen and oxygen atoms in total. The lowest BCUT2D eigenvalue weighted by Gasteiger charge is -2.22. The summed E-state index contributed by atoms with van der Waals surface area (Å²) in [7, 11) is 0. The van der Waals surface area contributed by atoms with Gasteiger partial charge in [-0.15, -0.1) is 0 Å². The normalized spacial score (nSPS) is 36.8. The minimum atomic E-state index is 0.682. The first-order valence-electron chi connectivity index (χ1n) is 6.80. The van der Waals surface area contributed by atoms with Crippen LogP contribution in [0.5, 0.6) is 0 Å². The van der Waals surface area contributed by atoms with Gasteiger partial charge in [-0.2, -0.15) is 11.8 Å². The van der Waals surface area contributed by atoms with E-state index >= 15 is 0 Å². The number of rotatable bonds is 5. The molecule has 0 bridgehead atoms. The van der Waals surface area contributed by atoms with Crippen LogP contribution < -0.4 is 10.6 Å². The van der Waals surface area contributed by atoms with E-state index in [1.54, 1.807) is 0 Å². The van der Waals surface area contributed by atoms with Crippen molar-refractivity contribution in [3.05, 3.63) is 0 Å². The van der Waals surface area contributed by atoms with Crippen molar-refractivity contribution in [1.29, 1.82) is 0 Å². The van der Waals surface area contributed by atoms with Crippen LogP contribution in [0.2, 0.25) is 0 Å². The molecule has 1 saturated heterocycles. The molecular formula is C13H26N2S. The predicted molar refractivity (Wildman–Crippen MR) is 73.2 cm³/mol. The summed E-state index contributed by atoms with van der Waals surface area (Å²) >= 11 is 2.04. The zero-order valence-electron chi connectivity index (χ0n) is 10.7. The minimum absolute atomic E-state index is 0.682. The maximum absolute atomic E-state index is 3.82. The lowest BCUT2D eigenvalue weighted by atomic mass is 10.1. The monoisotopic (exact) mass is 242 g/mol. The average molecular weight is 242 g/mol. The molecule has 3 heteroatoms. The molecule has 94 valence electrons. The van der Waals surface area contributed by atoms with E-state index in [0.717, 1.165) is 17.3 Å². The van der Waals surface area contributed by atoms with Gasteiger partial charge in [-0.05, 0) is 58.2 Å². The van der Waals surface area contributed by atoms with Crippen molar-refractivity contribution in [2.45, 2.75) is 68.8 Å². The fourth-order valence-electron chi connectivity index (χ4n) is 3.16. The Balaban J connectivity index is 1.64. The summed E-state index contributed by atoms with van der Waals surface area (Å²) in [6.07, 6.45) is 10.5. The summed E-state index contributed by atoms with van der Waals surface area (Å²) in [5.74, 6) is 0. The van der Waals surface area contributed by atoms with Crippen LogP contribution in [0.4, 0.5) is 0 Å². The lowest BCUT2D eigenvalue weighted by molar-refractivity contribution is 0.393. The number of hydrogen-bond acceptors (Lipinski definition) is 3. The van der Waals surface area contributed by atoms with Gasteiger partial charge in [0.2, 0.25) is 0 Å². The van der Waals surface area contributed by atoms with Crippen LogP contribution in [0.15, 0.2) is 0 Å². The van der Waals surface area contributed by atoms with Crippen molar-refractivity contribution in [1.82, 2.24) is 10.6 Å². The van der Waals surface area contributed by atoms with Crippen molar-refractivity contribution in [3.63, 3.8) is 0 Å². The van der Waals surface area contributed by atoms with E-state index in [0.29, 0.717) is 6.04 Å². The number of nitrogens with one attached hydrogen (secondary N) is 2. The summed E-state index contributed by atoms with van der Waals surface area (Å²) < 4.78 is 0. The second-order valence-electron chi connectivity index (χ2n) is 5.46. The van der Waals surface area contributed by atoms with Crippen LogP contribution in [0.1, 0.15) is 45.4 Å². The molecule has 2 fully saturated rings. The molecule has 0 spiro atoms. The fourth-order valence-corrected chi connectivity index (χ4v) is 3.96. The third-order valence-corrected chi connectivity index (χ3v) is 5.13. The molecular weight excluding hydrogens is 216 g/mol. The number of hydrogen-bond donors (Lipinski definition) is 2. The van der Waals surface area contributed by atoms with Gasteiger partial charge in [0.25, 0.3) is 0 Å². The zero-order valence-corrected chi connectivity index (χ0v) is 11.5. The third kappa shape index (κ3) is 3.64. The van der Waals surface area contributed by atoms with E-state index in [4.69, 9.17) is 0 Å². The zero-order chi connectivity index (χ0) is 11.4. The highest BCUT2D eigenvalue weighted by Crippen LogP contribution is 2.28. The Morgan fingerprint density at radius 1 is 1.38 bits per heavy atom. The molecule has 2 rings (SSSR count). The van der Waals surface area contributed by atoms with Gasteiger partial charge in [-0.3, -0.25) is 0 Å². The summed E-state index contributed by atoms with van der Waals surface area (Å²) in [6, 6.07) is 2.25. The summed E-state index contributed by atoms with van der Waals surface area (Å²) in [4.78, 5) is 0. The van der Waals surface area contributed by atoms with Gasteiger partial charge < -0.3 is 10.6 Å². The van der Waals surface area contributed by atoms with Crippen molar-refractivity contribution in [2.24, 2.45) is 0 Å². The Morgan fingerprint density at radius 3 is 2.88 bits per heavy atom. The fraction of sp³-hybridized carbons (Fsp3) is 1.00. The van der Waals surface area contributed by atoms with Crippen LogP contribution >= 0.6 is 11.8 Å². The molecule has 1 aliphatic carbocycles. The van der Waals surface area contributed by atoms with E-state index in [2.05, 4.69) is 23.8 Å². The quantitative estimate of drug-likeness (QED) is 0.774. The first-order chi connectivity index (χ1) is 7.78. The SMILES string of the molecule is CSC1CCC(NC(C)CC2CCCN2)C1. The molecule has 1 aliphatic heterocycles. The average Bonchev–Trinajstić information content (AvgIpc) is 2.89. The van der Waals surface area contributed by atoms with E-state index in [-0.39, 0.29) is 0 Å². The molecule has 0 radical (unpaired) electrons. The predicted octanol–water partition coefficient (Wildman–Crippen LogP) is 2.39. The van der Waals surface area contributed by atoms with Crippen molar-refractivity contribution >= 4 is 11.8 Å². The van der Waals surface area contributed by atoms with Gasteiger partial charge in [-0.1, -0.05) is 0 Å². The van der Waals surface area contributed by atoms with Gasteiger partial charge in [0.05, 0.1) is 0 Å². The Hall–Kier alpha value is 0.270. The van der Waals surface area contributed by atoms with E-state index < -0.39 is 0 Å². The Labute approximate surface area is 104 Å². The van der Waals surface area contributed by atoms with E-state index in [1.165, 1.54) is 45.1 Å². The molecule has 4 atom stereocenters. The second kappa shape index (κ2) is 6.27. The molecule has 0 amide bonds. The smallest absolute Gasteiger partial charge is 0.00822 e. The van der Waals surface area contributed by atoms with E-state index in [9.17, 15) is 0 Å². The summed E-state index contributed by atoms with van der Waals surface area (Å²) in [5.41, 5.74) is 0. The third-order valence-electron chi connectivity index (χ3n) is 4.04. The molecule has 0 aromatic rings. The molecule has 2 N–H and O–H groups in total. The molecule has 16 heavy (non-hydrogen) atoms. The molecule has 0 aromatic heterocycles. The van der Waals surface area contributed by atoms with Gasteiger partial charge in [0.1, 0.15) is 0 Å². The Kier molecular flexibility index (Phi) is 4.98. The highest BCUT2D eigenvalue weighted by atomic mass is 32.2. The highest BCUT2D eigenvalue weighted by Gasteiger charge is 2.25. The van der Waals surface area contributed by atoms with E-state index in [1.807, 2.05) is 11.8 Å². The number of thioether (sulfide) groups is 1. The largest absolute Gasteiger partial charge is 0.314 e. The van der Waals surface area contributed by atoms with Crippen LogP contribution in [0.3, 0.4) is 0 Å². The van der Waals surface area contributed by atoms with Gasteiger partial charge in [0, 0.05) is 23.4 Å². The lowest BCUT2D eigenvalue weighted by Crippen LogP contribution is -2.39. The Bertz CT molecular complexity index is 204. The van der Waals surface area contributed by atoms with Gasteiger partial charge in [0.15, 0.2) is 0 Å². The summed E-state index contributed by atoms with van der Waals surface area (Å²) in [5, 5.41) is 8.32. The molecule has 1 saturated carbocycles. The standard InChI is InChI=1S/C13H26N2S/c1-10(8-11-4-3-7-14-11)15-12-5-6-13(9-12)16-2/h10-15H,3-9H2,1-2H3. The van der Waals surface area contributed by atoms with Gasteiger partial charge >= 0.3 is 0 Å². The van der Waals surface area contributed by atoms with Gasteiger partial charge in [-0.25, -0.2) is 0 Å². The Morgan fingerprint density at radius 2 is 2.25 bits per heavy atom. The first kappa shape index (κ1) is 12.7.